The Bertz CT molecular complexity index is 410. The van der Waals surface area contributed by atoms with E-state index in [4.69, 9.17) is 0 Å². The van der Waals surface area contributed by atoms with Crippen LogP contribution in [0.25, 0.3) is 0 Å². The van der Waals surface area contributed by atoms with Crippen LogP contribution in [0, 0.1) is 6.92 Å². The van der Waals surface area contributed by atoms with E-state index >= 15 is 0 Å². The van der Waals surface area contributed by atoms with Gasteiger partial charge in [-0.1, -0.05) is 29.8 Å². The number of rotatable bonds is 7. The molecule has 1 aromatic rings. The van der Waals surface area contributed by atoms with Crippen LogP contribution in [0.5, 0.6) is 0 Å². The van der Waals surface area contributed by atoms with E-state index in [0.29, 0.717) is 13.1 Å². The van der Waals surface area contributed by atoms with Crippen LogP contribution in [0.2, 0.25) is 0 Å². The smallest absolute Gasteiger partial charge is 0.236 e. The second kappa shape index (κ2) is 9.75. The molecule has 0 aliphatic rings. The van der Waals surface area contributed by atoms with Crippen LogP contribution in [-0.2, 0) is 11.3 Å². The Morgan fingerprint density at radius 2 is 1.95 bits per heavy atom. The van der Waals surface area contributed by atoms with Crippen molar-refractivity contribution in [3.05, 3.63) is 35.4 Å². The molecule has 0 spiro atoms. The highest BCUT2D eigenvalue weighted by molar-refractivity contribution is 5.85. The fourth-order valence-corrected chi connectivity index (χ4v) is 1.91. The van der Waals surface area contributed by atoms with Crippen LogP contribution in [-0.4, -0.2) is 56.5 Å². The molecule has 0 unspecified atom stereocenters. The number of aryl methyl sites for hydroxylation is 1. The maximum absolute atomic E-state index is 12.1. The molecule has 0 bridgehead atoms. The molecular formula is C15H26ClN3O. The zero-order valence-electron chi connectivity index (χ0n) is 12.8. The van der Waals surface area contributed by atoms with Gasteiger partial charge in [0.25, 0.3) is 0 Å². The molecule has 5 heteroatoms. The van der Waals surface area contributed by atoms with Crippen LogP contribution in [0.3, 0.4) is 0 Å². The summed E-state index contributed by atoms with van der Waals surface area (Å²) in [5, 5.41) is 2.93. The Balaban J connectivity index is 0.00000361. The molecule has 1 N–H and O–H groups in total. The summed E-state index contributed by atoms with van der Waals surface area (Å²) in [6.45, 7) is 4.76. The van der Waals surface area contributed by atoms with Gasteiger partial charge in [-0.15, -0.1) is 12.4 Å². The van der Waals surface area contributed by atoms with Gasteiger partial charge in [0.15, 0.2) is 0 Å². The predicted molar refractivity (Wildman–Crippen MR) is 86.3 cm³/mol. The Hall–Kier alpha value is -1.10. The van der Waals surface area contributed by atoms with Crippen molar-refractivity contribution in [1.29, 1.82) is 0 Å². The van der Waals surface area contributed by atoms with E-state index in [-0.39, 0.29) is 18.3 Å². The summed E-state index contributed by atoms with van der Waals surface area (Å²) in [6, 6.07) is 8.32. The molecule has 0 saturated heterocycles. The van der Waals surface area contributed by atoms with Gasteiger partial charge in [-0.3, -0.25) is 4.79 Å². The number of nitrogens with zero attached hydrogens (tertiary/aromatic N) is 2. The monoisotopic (exact) mass is 299 g/mol. The number of hydrogen-bond donors (Lipinski definition) is 1. The van der Waals surface area contributed by atoms with Gasteiger partial charge in [0.05, 0.1) is 6.54 Å². The largest absolute Gasteiger partial charge is 0.336 e. The average molecular weight is 300 g/mol. The maximum atomic E-state index is 12.1. The molecule has 0 atom stereocenters. The fourth-order valence-electron chi connectivity index (χ4n) is 1.91. The maximum Gasteiger partial charge on any atom is 0.236 e. The third kappa shape index (κ3) is 6.89. The normalized spacial score (nSPS) is 10.2. The zero-order chi connectivity index (χ0) is 14.3. The van der Waals surface area contributed by atoms with Crippen molar-refractivity contribution in [1.82, 2.24) is 15.1 Å². The third-order valence-corrected chi connectivity index (χ3v) is 2.95. The van der Waals surface area contributed by atoms with Crippen molar-refractivity contribution in [2.75, 3.05) is 40.8 Å². The predicted octanol–water partition coefficient (Wildman–Crippen LogP) is 1.53. The number of carbonyl (C=O) groups is 1. The lowest BCUT2D eigenvalue weighted by atomic mass is 10.1. The van der Waals surface area contributed by atoms with Crippen molar-refractivity contribution in [2.45, 2.75) is 13.5 Å². The van der Waals surface area contributed by atoms with Gasteiger partial charge in [0.2, 0.25) is 5.91 Å². The number of benzene rings is 1. The lowest BCUT2D eigenvalue weighted by Crippen LogP contribution is -2.40. The molecule has 1 amide bonds. The van der Waals surface area contributed by atoms with Crippen molar-refractivity contribution in [3.8, 4) is 0 Å². The molecule has 4 nitrogen and oxygen atoms in total. The Morgan fingerprint density at radius 3 is 2.50 bits per heavy atom. The second-order valence-corrected chi connectivity index (χ2v) is 5.14. The molecule has 20 heavy (non-hydrogen) atoms. The molecule has 1 rings (SSSR count). The van der Waals surface area contributed by atoms with Gasteiger partial charge in [-0.05, 0) is 33.6 Å². The Kier molecular flexibility index (Phi) is 9.21. The number of nitrogens with one attached hydrogen (secondary N) is 1. The number of likely N-dealkylation sites (N-methyl/N-ethyl adjacent to an activating group) is 2. The van der Waals surface area contributed by atoms with Gasteiger partial charge in [0, 0.05) is 19.6 Å². The summed E-state index contributed by atoms with van der Waals surface area (Å²) < 4.78 is 0. The molecular weight excluding hydrogens is 274 g/mol. The molecule has 1 aromatic carbocycles. The molecule has 0 heterocycles. The van der Waals surface area contributed by atoms with E-state index in [1.54, 1.807) is 7.05 Å². The summed E-state index contributed by atoms with van der Waals surface area (Å²) >= 11 is 0. The van der Waals surface area contributed by atoms with Gasteiger partial charge >= 0.3 is 0 Å². The molecule has 0 fully saturated rings. The van der Waals surface area contributed by atoms with E-state index in [0.717, 1.165) is 13.1 Å². The standard InChI is InChI=1S/C15H25N3O.ClH/c1-13-6-5-7-14(10-13)12-18(9-8-17(3)4)15(19)11-16-2;/h5-7,10,16H,8-9,11-12H2,1-4H3;1H. The van der Waals surface area contributed by atoms with Gasteiger partial charge in [-0.2, -0.15) is 0 Å². The first kappa shape index (κ1) is 18.9. The Labute approximate surface area is 128 Å². The topological polar surface area (TPSA) is 35.6 Å². The van der Waals surface area contributed by atoms with E-state index in [1.165, 1.54) is 11.1 Å². The Morgan fingerprint density at radius 1 is 1.25 bits per heavy atom. The minimum atomic E-state index is 0. The van der Waals surface area contributed by atoms with Crippen LogP contribution in [0.15, 0.2) is 24.3 Å². The minimum Gasteiger partial charge on any atom is -0.336 e. The molecule has 114 valence electrons. The number of hydrogen-bond acceptors (Lipinski definition) is 3. The van der Waals surface area contributed by atoms with Crippen molar-refractivity contribution >= 4 is 18.3 Å². The first-order valence-electron chi connectivity index (χ1n) is 6.65. The van der Waals surface area contributed by atoms with Gasteiger partial charge < -0.3 is 15.1 Å². The van der Waals surface area contributed by atoms with E-state index in [9.17, 15) is 4.79 Å². The molecule has 0 aliphatic carbocycles. The van der Waals surface area contributed by atoms with Crippen LogP contribution in [0.4, 0.5) is 0 Å². The van der Waals surface area contributed by atoms with E-state index in [1.807, 2.05) is 25.1 Å². The summed E-state index contributed by atoms with van der Waals surface area (Å²) in [6.07, 6.45) is 0. The minimum absolute atomic E-state index is 0. The van der Waals surface area contributed by atoms with Crippen LogP contribution < -0.4 is 5.32 Å². The van der Waals surface area contributed by atoms with Gasteiger partial charge in [-0.25, -0.2) is 0 Å². The molecule has 0 aliphatic heterocycles. The molecule has 0 aromatic heterocycles. The SMILES string of the molecule is CNCC(=O)N(CCN(C)C)Cc1cccc(C)c1.Cl. The molecule has 0 radical (unpaired) electrons. The van der Waals surface area contributed by atoms with Crippen molar-refractivity contribution < 1.29 is 4.79 Å². The second-order valence-electron chi connectivity index (χ2n) is 5.14. The van der Waals surface area contributed by atoms with Crippen molar-refractivity contribution in [2.24, 2.45) is 0 Å². The number of amides is 1. The first-order valence-corrected chi connectivity index (χ1v) is 6.65. The first-order chi connectivity index (χ1) is 9.02. The van der Waals surface area contributed by atoms with E-state index < -0.39 is 0 Å². The summed E-state index contributed by atoms with van der Waals surface area (Å²) in [4.78, 5) is 16.1. The highest BCUT2D eigenvalue weighted by atomic mass is 35.5. The van der Waals surface area contributed by atoms with E-state index in [2.05, 4.69) is 35.3 Å². The summed E-state index contributed by atoms with van der Waals surface area (Å²) in [7, 11) is 5.84. The summed E-state index contributed by atoms with van der Waals surface area (Å²) in [5.41, 5.74) is 2.41. The lowest BCUT2D eigenvalue weighted by molar-refractivity contribution is -0.130. The fraction of sp³-hybridized carbons (Fsp3) is 0.533. The van der Waals surface area contributed by atoms with Crippen LogP contribution >= 0.6 is 12.4 Å². The van der Waals surface area contributed by atoms with Crippen LogP contribution in [0.1, 0.15) is 11.1 Å². The van der Waals surface area contributed by atoms with Gasteiger partial charge in [0.1, 0.15) is 0 Å². The summed E-state index contributed by atoms with van der Waals surface area (Å²) in [5.74, 6) is 0.144. The quantitative estimate of drug-likeness (QED) is 0.829. The number of carbonyl (C=O) groups excluding carboxylic acids is 1. The average Bonchev–Trinajstić information content (AvgIpc) is 2.34. The van der Waals surface area contributed by atoms with Crippen molar-refractivity contribution in [3.63, 3.8) is 0 Å². The highest BCUT2D eigenvalue weighted by Gasteiger charge is 2.13. The molecule has 0 saturated carbocycles. The highest BCUT2D eigenvalue weighted by Crippen LogP contribution is 2.08. The lowest BCUT2D eigenvalue weighted by Gasteiger charge is -2.24. The third-order valence-electron chi connectivity index (χ3n) is 2.95. The zero-order valence-corrected chi connectivity index (χ0v) is 13.7. The number of halogens is 1.